The van der Waals surface area contributed by atoms with Gasteiger partial charge in [0, 0.05) is 25.2 Å². The summed E-state index contributed by atoms with van der Waals surface area (Å²) in [6, 6.07) is 20.8. The van der Waals surface area contributed by atoms with E-state index < -0.39 is 10.1 Å². The van der Waals surface area contributed by atoms with E-state index in [4.69, 9.17) is 8.92 Å². The second-order valence-corrected chi connectivity index (χ2v) is 9.16. The Morgan fingerprint density at radius 2 is 1.75 bits per heavy atom. The lowest BCUT2D eigenvalue weighted by Gasteiger charge is -2.10. The van der Waals surface area contributed by atoms with E-state index in [0.717, 1.165) is 22.0 Å². The minimum absolute atomic E-state index is 0.0185. The molecule has 0 radical (unpaired) electrons. The molecule has 0 atom stereocenters. The highest BCUT2D eigenvalue weighted by molar-refractivity contribution is 7.86. The lowest BCUT2D eigenvalue weighted by molar-refractivity contribution is 0.302. The van der Waals surface area contributed by atoms with Crippen LogP contribution in [0.4, 0.5) is 4.39 Å². The lowest BCUT2D eigenvalue weighted by Crippen LogP contribution is -2.12. The summed E-state index contributed by atoms with van der Waals surface area (Å²) in [7, 11) is -3.80. The van der Waals surface area contributed by atoms with Crippen LogP contribution >= 0.6 is 0 Å². The van der Waals surface area contributed by atoms with Gasteiger partial charge in [0.05, 0.1) is 23.6 Å². The third kappa shape index (κ3) is 5.36. The highest BCUT2D eigenvalue weighted by Gasteiger charge is 2.15. The van der Waals surface area contributed by atoms with E-state index in [1.54, 1.807) is 30.3 Å². The lowest BCUT2D eigenvalue weighted by atomic mass is 10.1. The molecule has 1 aromatic heterocycles. The molecule has 0 unspecified atom stereocenters. The molecular weight excluding hydrogens is 429 g/mol. The zero-order valence-corrected chi connectivity index (χ0v) is 18.5. The van der Waals surface area contributed by atoms with Crippen LogP contribution in [0.2, 0.25) is 0 Å². The molecule has 0 bridgehead atoms. The van der Waals surface area contributed by atoms with Crippen LogP contribution < -0.4 is 4.74 Å². The van der Waals surface area contributed by atoms with Gasteiger partial charge in [-0.25, -0.2) is 4.39 Å². The van der Waals surface area contributed by atoms with Crippen molar-refractivity contribution in [2.24, 2.45) is 0 Å². The summed E-state index contributed by atoms with van der Waals surface area (Å²) in [5, 5.41) is 1.02. The largest absolute Gasteiger partial charge is 0.493 e. The summed E-state index contributed by atoms with van der Waals surface area (Å²) >= 11 is 0. The molecule has 166 valence electrons. The Labute approximate surface area is 187 Å². The molecule has 4 aromatic rings. The van der Waals surface area contributed by atoms with Crippen molar-refractivity contribution in [3.8, 4) is 5.75 Å². The number of fused-ring (bicyclic) bond motifs is 1. The van der Waals surface area contributed by atoms with Gasteiger partial charge in [0.1, 0.15) is 11.6 Å². The molecule has 0 aliphatic carbocycles. The van der Waals surface area contributed by atoms with Gasteiger partial charge < -0.3 is 9.30 Å². The number of ether oxygens (including phenoxy) is 1. The van der Waals surface area contributed by atoms with E-state index in [9.17, 15) is 12.8 Å². The third-order valence-electron chi connectivity index (χ3n) is 5.17. The van der Waals surface area contributed by atoms with Crippen LogP contribution in [0.3, 0.4) is 0 Å². The Hall–Kier alpha value is -3.16. The fourth-order valence-electron chi connectivity index (χ4n) is 3.45. The molecule has 32 heavy (non-hydrogen) atoms. The number of rotatable bonds is 9. The van der Waals surface area contributed by atoms with E-state index in [0.29, 0.717) is 25.3 Å². The van der Waals surface area contributed by atoms with Crippen LogP contribution in [0.5, 0.6) is 5.75 Å². The summed E-state index contributed by atoms with van der Waals surface area (Å²) in [4.78, 5) is 0.148. The van der Waals surface area contributed by atoms with Crippen molar-refractivity contribution in [2.75, 3.05) is 13.2 Å². The average Bonchev–Trinajstić information content (AvgIpc) is 3.16. The Kier molecular flexibility index (Phi) is 6.58. The van der Waals surface area contributed by atoms with Crippen LogP contribution in [0, 0.1) is 12.7 Å². The summed E-state index contributed by atoms with van der Waals surface area (Å²) in [5.74, 6) is 0.440. The standard InChI is InChI=1S/C25H24FNO4S/c1-19-5-9-24(10-6-19)32(28,29)31-16-14-27-13-11-21-7-8-23(18-25(21)27)30-15-12-20-3-2-4-22(26)17-20/h2-11,13,17-18H,12,14-16H2,1H3. The number of aryl methyl sites for hydroxylation is 1. The molecular formula is C25H24FNO4S. The van der Waals surface area contributed by atoms with Crippen molar-refractivity contribution >= 4 is 21.0 Å². The van der Waals surface area contributed by atoms with E-state index in [-0.39, 0.29) is 17.3 Å². The van der Waals surface area contributed by atoms with E-state index in [2.05, 4.69) is 0 Å². The Morgan fingerprint density at radius 3 is 2.53 bits per heavy atom. The van der Waals surface area contributed by atoms with Gasteiger partial charge in [-0.05, 0) is 60.3 Å². The van der Waals surface area contributed by atoms with Gasteiger partial charge in [0.25, 0.3) is 10.1 Å². The quantitative estimate of drug-likeness (QED) is 0.330. The zero-order valence-electron chi connectivity index (χ0n) is 17.7. The topological polar surface area (TPSA) is 57.5 Å². The molecule has 0 saturated carbocycles. The normalized spacial score (nSPS) is 11.7. The minimum Gasteiger partial charge on any atom is -0.493 e. The predicted molar refractivity (Wildman–Crippen MR) is 122 cm³/mol. The predicted octanol–water partition coefficient (Wildman–Crippen LogP) is 5.12. The van der Waals surface area contributed by atoms with Gasteiger partial charge >= 0.3 is 0 Å². The van der Waals surface area contributed by atoms with Crippen molar-refractivity contribution in [3.05, 3.63) is 95.9 Å². The van der Waals surface area contributed by atoms with Crippen LogP contribution in [0.15, 0.2) is 83.9 Å². The maximum absolute atomic E-state index is 13.3. The molecule has 0 aliphatic rings. The van der Waals surface area contributed by atoms with Crippen molar-refractivity contribution in [1.82, 2.24) is 4.57 Å². The second kappa shape index (κ2) is 9.54. The molecule has 0 saturated heterocycles. The van der Waals surface area contributed by atoms with E-state index in [1.807, 2.05) is 48.0 Å². The monoisotopic (exact) mass is 453 g/mol. The minimum atomic E-state index is -3.80. The number of aromatic nitrogens is 1. The smallest absolute Gasteiger partial charge is 0.297 e. The van der Waals surface area contributed by atoms with Crippen LogP contribution in [-0.2, 0) is 27.3 Å². The maximum atomic E-state index is 13.3. The van der Waals surface area contributed by atoms with Gasteiger partial charge in [-0.2, -0.15) is 8.42 Å². The van der Waals surface area contributed by atoms with Crippen molar-refractivity contribution in [3.63, 3.8) is 0 Å². The van der Waals surface area contributed by atoms with Gasteiger partial charge in [-0.3, -0.25) is 4.18 Å². The Bertz CT molecular complexity index is 1310. The van der Waals surface area contributed by atoms with Gasteiger partial charge in [0.15, 0.2) is 0 Å². The molecule has 0 N–H and O–H groups in total. The van der Waals surface area contributed by atoms with Crippen molar-refractivity contribution in [2.45, 2.75) is 24.8 Å². The maximum Gasteiger partial charge on any atom is 0.297 e. The first-order valence-electron chi connectivity index (χ1n) is 10.3. The highest BCUT2D eigenvalue weighted by atomic mass is 32.2. The van der Waals surface area contributed by atoms with E-state index >= 15 is 0 Å². The second-order valence-electron chi connectivity index (χ2n) is 7.55. The van der Waals surface area contributed by atoms with Gasteiger partial charge in [0.2, 0.25) is 0 Å². The number of halogens is 1. The van der Waals surface area contributed by atoms with Gasteiger partial charge in [-0.1, -0.05) is 29.8 Å². The van der Waals surface area contributed by atoms with E-state index in [1.165, 1.54) is 12.1 Å². The van der Waals surface area contributed by atoms with Crippen molar-refractivity contribution < 1.29 is 21.7 Å². The molecule has 1 heterocycles. The SMILES string of the molecule is Cc1ccc(S(=O)(=O)OCCn2ccc3ccc(OCCc4cccc(F)c4)cc32)cc1. The number of hydrogen-bond donors (Lipinski definition) is 0. The first-order chi connectivity index (χ1) is 15.4. The number of nitrogens with zero attached hydrogens (tertiary/aromatic N) is 1. The molecule has 0 spiro atoms. The molecule has 0 fully saturated rings. The molecule has 3 aromatic carbocycles. The first-order valence-corrected chi connectivity index (χ1v) is 11.7. The van der Waals surface area contributed by atoms with Gasteiger partial charge in [-0.15, -0.1) is 0 Å². The van der Waals surface area contributed by atoms with Crippen molar-refractivity contribution in [1.29, 1.82) is 0 Å². The summed E-state index contributed by atoms with van der Waals surface area (Å²) in [6.45, 7) is 2.72. The molecule has 4 rings (SSSR count). The Balaban J connectivity index is 1.37. The van der Waals surface area contributed by atoms with Crippen LogP contribution in [-0.4, -0.2) is 26.2 Å². The van der Waals surface area contributed by atoms with Crippen LogP contribution in [0.1, 0.15) is 11.1 Å². The molecule has 7 heteroatoms. The fourth-order valence-corrected chi connectivity index (χ4v) is 4.35. The fraction of sp³-hybridized carbons (Fsp3) is 0.200. The summed E-state index contributed by atoms with van der Waals surface area (Å²) in [5.41, 5.74) is 2.78. The number of benzene rings is 3. The molecule has 0 aliphatic heterocycles. The summed E-state index contributed by atoms with van der Waals surface area (Å²) < 4.78 is 51.0. The molecule has 5 nitrogen and oxygen atoms in total. The number of hydrogen-bond acceptors (Lipinski definition) is 4. The third-order valence-corrected chi connectivity index (χ3v) is 6.50. The van der Waals surface area contributed by atoms with Crippen LogP contribution in [0.25, 0.3) is 10.9 Å². The Morgan fingerprint density at radius 1 is 0.938 bits per heavy atom. The molecule has 0 amide bonds. The first kappa shape index (κ1) is 22.0. The average molecular weight is 454 g/mol. The highest BCUT2D eigenvalue weighted by Crippen LogP contribution is 2.23. The zero-order chi connectivity index (χ0) is 22.6. The summed E-state index contributed by atoms with van der Waals surface area (Å²) in [6.07, 6.45) is 2.49.